The molecule has 0 bridgehead atoms. The highest BCUT2D eigenvalue weighted by molar-refractivity contribution is 5.91. The van der Waals surface area contributed by atoms with E-state index < -0.39 is 5.97 Å². The van der Waals surface area contributed by atoms with Gasteiger partial charge < -0.3 is 19.3 Å². The van der Waals surface area contributed by atoms with Gasteiger partial charge >= 0.3 is 5.97 Å². The number of hydrogen-bond donors (Lipinski definition) is 1. The molecular weight excluding hydrogens is 398 g/mol. The van der Waals surface area contributed by atoms with Crippen molar-refractivity contribution in [2.45, 2.75) is 0 Å². The summed E-state index contributed by atoms with van der Waals surface area (Å²) < 4.78 is 7.16. The van der Waals surface area contributed by atoms with E-state index in [1.807, 2.05) is 10.6 Å². The molecule has 9 nitrogen and oxygen atoms in total. The lowest BCUT2D eigenvalue weighted by Crippen LogP contribution is -2.49. The Kier molecular flexibility index (Phi) is 4.62. The number of aromatic carboxylic acids is 1. The fraction of sp³-hybridized carbons (Fsp3) is 0.182. The predicted molar refractivity (Wildman–Crippen MR) is 112 cm³/mol. The Morgan fingerprint density at radius 3 is 2.45 bits per heavy atom. The van der Waals surface area contributed by atoms with Crippen molar-refractivity contribution in [1.29, 1.82) is 0 Å². The standard InChI is InChI=1S/C22H19N5O4/c28-21(18-2-1-13-31-18)26-11-9-25(10-12-26)19-20-24-14-17(27(20)8-7-23-19)15-3-5-16(6-4-15)22(29)30/h1-8,13-14H,9-12H2,(H,29,30). The van der Waals surface area contributed by atoms with E-state index in [1.165, 1.54) is 6.26 Å². The Morgan fingerprint density at radius 2 is 1.77 bits per heavy atom. The molecule has 5 rings (SSSR count). The van der Waals surface area contributed by atoms with E-state index in [-0.39, 0.29) is 11.5 Å². The van der Waals surface area contributed by atoms with Gasteiger partial charge in [0.25, 0.3) is 5.91 Å². The van der Waals surface area contributed by atoms with Crippen LogP contribution in [0.1, 0.15) is 20.9 Å². The van der Waals surface area contributed by atoms with Crippen molar-refractivity contribution < 1.29 is 19.1 Å². The van der Waals surface area contributed by atoms with Crippen LogP contribution in [0.25, 0.3) is 16.9 Å². The second-order valence-electron chi connectivity index (χ2n) is 7.23. The maximum atomic E-state index is 12.5. The molecule has 0 radical (unpaired) electrons. The van der Waals surface area contributed by atoms with Crippen molar-refractivity contribution in [3.05, 3.63) is 72.6 Å². The van der Waals surface area contributed by atoms with Gasteiger partial charge in [0.1, 0.15) is 0 Å². The maximum Gasteiger partial charge on any atom is 0.335 e. The normalized spacial score (nSPS) is 14.2. The van der Waals surface area contributed by atoms with Gasteiger partial charge in [-0.1, -0.05) is 12.1 Å². The molecule has 1 amide bonds. The molecule has 0 saturated carbocycles. The monoisotopic (exact) mass is 417 g/mol. The second kappa shape index (κ2) is 7.60. The molecule has 4 heterocycles. The minimum atomic E-state index is -0.958. The van der Waals surface area contributed by atoms with E-state index in [1.54, 1.807) is 53.7 Å². The van der Waals surface area contributed by atoms with Crippen LogP contribution >= 0.6 is 0 Å². The number of piperazine rings is 1. The number of carbonyl (C=O) groups is 2. The number of nitrogens with zero attached hydrogens (tertiary/aromatic N) is 5. The van der Waals surface area contributed by atoms with Crippen LogP contribution in [0.5, 0.6) is 0 Å². The van der Waals surface area contributed by atoms with E-state index in [4.69, 9.17) is 9.52 Å². The Balaban J connectivity index is 1.38. The topological polar surface area (TPSA) is 104 Å². The fourth-order valence-electron chi connectivity index (χ4n) is 3.80. The molecule has 1 N–H and O–H groups in total. The van der Waals surface area contributed by atoms with Gasteiger partial charge in [0.2, 0.25) is 0 Å². The van der Waals surface area contributed by atoms with Gasteiger partial charge in [-0.25, -0.2) is 14.8 Å². The number of carboxylic acid groups (broad SMARTS) is 1. The van der Waals surface area contributed by atoms with E-state index in [0.29, 0.717) is 37.6 Å². The number of carbonyl (C=O) groups excluding carboxylic acids is 1. The fourth-order valence-corrected chi connectivity index (χ4v) is 3.80. The number of benzene rings is 1. The predicted octanol–water partition coefficient (Wildman–Crippen LogP) is 2.65. The third kappa shape index (κ3) is 3.39. The largest absolute Gasteiger partial charge is 0.478 e. The van der Waals surface area contributed by atoms with Gasteiger partial charge in [0.05, 0.1) is 23.7 Å². The summed E-state index contributed by atoms with van der Waals surface area (Å²) in [6.07, 6.45) is 6.81. The summed E-state index contributed by atoms with van der Waals surface area (Å²) in [5, 5.41) is 9.10. The molecule has 1 aliphatic rings. The van der Waals surface area contributed by atoms with Crippen LogP contribution in [-0.4, -0.2) is 62.4 Å². The molecule has 0 atom stereocenters. The number of aromatic nitrogens is 3. The smallest absolute Gasteiger partial charge is 0.335 e. The summed E-state index contributed by atoms with van der Waals surface area (Å²) in [5.41, 5.74) is 2.67. The Morgan fingerprint density at radius 1 is 1.00 bits per heavy atom. The van der Waals surface area contributed by atoms with Gasteiger partial charge in [-0.05, 0) is 24.3 Å². The molecule has 1 fully saturated rings. The van der Waals surface area contributed by atoms with Crippen molar-refractivity contribution in [3.63, 3.8) is 0 Å². The van der Waals surface area contributed by atoms with Crippen LogP contribution in [-0.2, 0) is 0 Å². The minimum Gasteiger partial charge on any atom is -0.478 e. The summed E-state index contributed by atoms with van der Waals surface area (Å²) in [7, 11) is 0. The van der Waals surface area contributed by atoms with Crippen LogP contribution in [0.15, 0.2) is 65.7 Å². The molecule has 0 spiro atoms. The molecule has 4 aromatic rings. The van der Waals surface area contributed by atoms with Gasteiger partial charge in [-0.2, -0.15) is 0 Å². The van der Waals surface area contributed by atoms with E-state index in [0.717, 1.165) is 17.1 Å². The first-order valence-electron chi connectivity index (χ1n) is 9.85. The van der Waals surface area contributed by atoms with Crippen LogP contribution in [0.2, 0.25) is 0 Å². The van der Waals surface area contributed by atoms with Crippen LogP contribution in [0.4, 0.5) is 5.82 Å². The minimum absolute atomic E-state index is 0.108. The quantitative estimate of drug-likeness (QED) is 0.544. The lowest BCUT2D eigenvalue weighted by Gasteiger charge is -2.35. The average molecular weight is 417 g/mol. The highest BCUT2D eigenvalue weighted by atomic mass is 16.4. The van der Waals surface area contributed by atoms with Gasteiger partial charge in [-0.3, -0.25) is 9.20 Å². The molecular formula is C22H19N5O4. The van der Waals surface area contributed by atoms with E-state index in [9.17, 15) is 9.59 Å². The third-order valence-electron chi connectivity index (χ3n) is 5.44. The van der Waals surface area contributed by atoms with Crippen LogP contribution in [0, 0.1) is 0 Å². The molecule has 9 heteroatoms. The average Bonchev–Trinajstić information content (AvgIpc) is 3.49. The second-order valence-corrected chi connectivity index (χ2v) is 7.23. The summed E-state index contributed by atoms with van der Waals surface area (Å²) in [5.74, 6) is 0.0334. The number of fused-ring (bicyclic) bond motifs is 1. The summed E-state index contributed by atoms with van der Waals surface area (Å²) >= 11 is 0. The SMILES string of the molecule is O=C(O)c1ccc(-c2cnc3c(N4CCN(C(=O)c5ccco5)CC4)nccn23)cc1. The Labute approximate surface area is 177 Å². The highest BCUT2D eigenvalue weighted by Crippen LogP contribution is 2.26. The van der Waals surface area contributed by atoms with Gasteiger partial charge in [0.15, 0.2) is 17.2 Å². The third-order valence-corrected chi connectivity index (χ3v) is 5.44. The molecule has 1 saturated heterocycles. The summed E-state index contributed by atoms with van der Waals surface area (Å²) in [4.78, 5) is 36.6. The molecule has 3 aromatic heterocycles. The summed E-state index contributed by atoms with van der Waals surface area (Å²) in [6, 6.07) is 10.1. The van der Waals surface area contributed by atoms with Crippen molar-refractivity contribution in [1.82, 2.24) is 19.3 Å². The molecule has 0 unspecified atom stereocenters. The Bertz CT molecular complexity index is 1240. The number of anilines is 1. The first-order chi connectivity index (χ1) is 15.1. The lowest BCUT2D eigenvalue weighted by atomic mass is 10.1. The first kappa shape index (κ1) is 18.9. The Hall–Kier alpha value is -4.14. The number of carboxylic acids is 1. The zero-order valence-electron chi connectivity index (χ0n) is 16.5. The maximum absolute atomic E-state index is 12.5. The van der Waals surface area contributed by atoms with Crippen molar-refractivity contribution >= 4 is 23.3 Å². The number of furan rings is 1. The van der Waals surface area contributed by atoms with E-state index in [2.05, 4.69) is 14.9 Å². The van der Waals surface area contributed by atoms with E-state index >= 15 is 0 Å². The number of amides is 1. The van der Waals surface area contributed by atoms with Crippen LogP contribution in [0.3, 0.4) is 0 Å². The molecule has 31 heavy (non-hydrogen) atoms. The van der Waals surface area contributed by atoms with Crippen molar-refractivity contribution in [3.8, 4) is 11.3 Å². The zero-order valence-corrected chi connectivity index (χ0v) is 16.5. The molecule has 1 aromatic carbocycles. The van der Waals surface area contributed by atoms with Gasteiger partial charge in [0, 0.05) is 44.1 Å². The van der Waals surface area contributed by atoms with Crippen molar-refractivity contribution in [2.24, 2.45) is 0 Å². The molecule has 1 aliphatic heterocycles. The number of hydrogen-bond acceptors (Lipinski definition) is 6. The molecule has 156 valence electrons. The van der Waals surface area contributed by atoms with Crippen molar-refractivity contribution in [2.75, 3.05) is 31.1 Å². The first-order valence-corrected chi connectivity index (χ1v) is 9.85. The highest BCUT2D eigenvalue weighted by Gasteiger charge is 2.26. The zero-order chi connectivity index (χ0) is 21.4. The summed E-state index contributed by atoms with van der Waals surface area (Å²) in [6.45, 7) is 2.39. The number of rotatable bonds is 4. The lowest BCUT2D eigenvalue weighted by molar-refractivity contribution is 0.0693. The van der Waals surface area contributed by atoms with Gasteiger partial charge in [-0.15, -0.1) is 0 Å². The molecule has 0 aliphatic carbocycles. The number of imidazole rings is 1. The van der Waals surface area contributed by atoms with Crippen LogP contribution < -0.4 is 4.90 Å².